The van der Waals surface area contributed by atoms with E-state index < -0.39 is 149 Å². The van der Waals surface area contributed by atoms with E-state index in [-0.39, 0.29) is 0 Å². The zero-order chi connectivity index (χ0) is 33.3. The minimum absolute atomic E-state index is 0.633. The molecule has 4 rings (SSSR count). The van der Waals surface area contributed by atoms with E-state index in [4.69, 9.17) is 33.2 Å². The van der Waals surface area contributed by atoms with Crippen LogP contribution in [0.4, 0.5) is 0 Å². The van der Waals surface area contributed by atoms with Crippen molar-refractivity contribution in [2.75, 3.05) is 26.4 Å². The SMILES string of the molecule is OC[C@H]1O[C@H](OC[C@H]2O[C@H](OC[C@H]3O[C@H](OC[C@H]4OC(O)[C@@H](O)[C@@H](O)[C@@H]4O)[C@@H](O)[C@@H](O)[C@@H]3O)[C@@H](O)[C@@H](O)[C@@H]2O)[C@@H](O)[C@@H](O)[C@@H]1O. The fourth-order valence-electron chi connectivity index (χ4n) is 5.23. The first-order valence-corrected chi connectivity index (χ1v) is 14.1. The Balaban J connectivity index is 1.33. The molecule has 264 valence electrons. The zero-order valence-electron chi connectivity index (χ0n) is 23.5. The average molecular weight is 667 g/mol. The normalized spacial score (nSPS) is 52.9. The molecule has 45 heavy (non-hydrogen) atoms. The van der Waals surface area contributed by atoms with Gasteiger partial charge in [-0.2, -0.15) is 0 Å². The van der Waals surface area contributed by atoms with Gasteiger partial charge in [-0.15, -0.1) is 0 Å². The highest BCUT2D eigenvalue weighted by molar-refractivity contribution is 4.94. The van der Waals surface area contributed by atoms with E-state index in [9.17, 15) is 71.5 Å². The summed E-state index contributed by atoms with van der Waals surface area (Å²) in [4.78, 5) is 0. The average Bonchev–Trinajstić information content (AvgIpc) is 3.02. The van der Waals surface area contributed by atoms with Crippen molar-refractivity contribution in [3.8, 4) is 0 Å². The Hall–Kier alpha value is -0.840. The maximum Gasteiger partial charge on any atom is 0.186 e. The second-order valence-corrected chi connectivity index (χ2v) is 11.3. The lowest BCUT2D eigenvalue weighted by atomic mass is 9.98. The highest BCUT2D eigenvalue weighted by atomic mass is 16.7. The van der Waals surface area contributed by atoms with Crippen LogP contribution in [0.15, 0.2) is 0 Å². The van der Waals surface area contributed by atoms with Gasteiger partial charge in [-0.25, -0.2) is 0 Å². The molecule has 0 saturated carbocycles. The molecule has 0 aromatic heterocycles. The maximum atomic E-state index is 10.4. The van der Waals surface area contributed by atoms with Crippen molar-refractivity contribution in [2.24, 2.45) is 0 Å². The molecule has 4 saturated heterocycles. The van der Waals surface area contributed by atoms with Gasteiger partial charge in [0.05, 0.1) is 26.4 Å². The Labute approximate surface area is 254 Å². The van der Waals surface area contributed by atoms with Crippen LogP contribution in [0.3, 0.4) is 0 Å². The number of ether oxygens (including phenoxy) is 7. The topological polar surface area (TPSA) is 348 Å². The fraction of sp³-hybridized carbons (Fsp3) is 1.00. The molecule has 0 aromatic rings. The van der Waals surface area contributed by atoms with Crippen molar-refractivity contribution >= 4 is 0 Å². The molecule has 0 spiro atoms. The lowest BCUT2D eigenvalue weighted by Gasteiger charge is -2.44. The summed E-state index contributed by atoms with van der Waals surface area (Å²) in [7, 11) is 0. The molecule has 4 aliphatic heterocycles. The minimum Gasteiger partial charge on any atom is -0.394 e. The highest BCUT2D eigenvalue weighted by Gasteiger charge is 2.50. The van der Waals surface area contributed by atoms with Crippen LogP contribution in [-0.2, 0) is 33.2 Å². The lowest BCUT2D eigenvalue weighted by molar-refractivity contribution is -0.346. The molecule has 14 N–H and O–H groups in total. The Bertz CT molecular complexity index is 916. The van der Waals surface area contributed by atoms with Crippen molar-refractivity contribution in [1.29, 1.82) is 0 Å². The molecule has 20 atom stereocenters. The molecule has 1 unspecified atom stereocenters. The summed E-state index contributed by atoms with van der Waals surface area (Å²) < 4.78 is 37.2. The van der Waals surface area contributed by atoms with Gasteiger partial charge < -0.3 is 105 Å². The summed E-state index contributed by atoms with van der Waals surface area (Å²) in [5.74, 6) is 0. The number of hydrogen-bond donors (Lipinski definition) is 14. The van der Waals surface area contributed by atoms with Crippen LogP contribution in [0, 0.1) is 0 Å². The quantitative estimate of drug-likeness (QED) is 0.103. The van der Waals surface area contributed by atoms with E-state index in [1.807, 2.05) is 0 Å². The van der Waals surface area contributed by atoms with Gasteiger partial charge in [0.15, 0.2) is 25.2 Å². The molecule has 21 nitrogen and oxygen atoms in total. The minimum atomic E-state index is -1.88. The number of aliphatic hydroxyl groups excluding tert-OH is 14. The van der Waals surface area contributed by atoms with Gasteiger partial charge in [-0.3, -0.25) is 0 Å². The van der Waals surface area contributed by atoms with Crippen LogP contribution >= 0.6 is 0 Å². The zero-order valence-corrected chi connectivity index (χ0v) is 23.5. The second-order valence-electron chi connectivity index (χ2n) is 11.3. The van der Waals surface area contributed by atoms with Crippen molar-refractivity contribution < 1.29 is 105 Å². The number of hydrogen-bond acceptors (Lipinski definition) is 21. The molecule has 0 amide bonds. The van der Waals surface area contributed by atoms with Crippen molar-refractivity contribution in [3.05, 3.63) is 0 Å². The summed E-state index contributed by atoms with van der Waals surface area (Å²) in [6.07, 6.45) is -34.1. The van der Waals surface area contributed by atoms with Crippen LogP contribution in [-0.4, -0.2) is 221 Å². The smallest absolute Gasteiger partial charge is 0.186 e. The molecular weight excluding hydrogens is 624 g/mol. The first kappa shape index (κ1) is 37.0. The predicted molar refractivity (Wildman–Crippen MR) is 134 cm³/mol. The first-order chi connectivity index (χ1) is 21.2. The van der Waals surface area contributed by atoms with E-state index in [2.05, 4.69) is 0 Å². The maximum absolute atomic E-state index is 10.4. The van der Waals surface area contributed by atoms with Gasteiger partial charge in [0.1, 0.15) is 97.7 Å². The Morgan fingerprint density at radius 1 is 0.333 bits per heavy atom. The number of rotatable bonds is 10. The first-order valence-electron chi connectivity index (χ1n) is 14.1. The van der Waals surface area contributed by atoms with Crippen molar-refractivity contribution in [2.45, 2.75) is 123 Å². The molecule has 0 aromatic carbocycles. The molecule has 4 fully saturated rings. The van der Waals surface area contributed by atoms with Crippen LogP contribution in [0.1, 0.15) is 0 Å². The highest BCUT2D eigenvalue weighted by Crippen LogP contribution is 2.29. The fourth-order valence-corrected chi connectivity index (χ4v) is 5.23. The van der Waals surface area contributed by atoms with E-state index in [0.29, 0.717) is 0 Å². The summed E-state index contributed by atoms with van der Waals surface area (Å²) in [6.45, 7) is -2.67. The predicted octanol–water partition coefficient (Wildman–Crippen LogP) is -9.75. The molecule has 0 radical (unpaired) electrons. The van der Waals surface area contributed by atoms with Crippen LogP contribution in [0.5, 0.6) is 0 Å². The van der Waals surface area contributed by atoms with Crippen molar-refractivity contribution in [3.63, 3.8) is 0 Å². The third-order valence-corrected chi connectivity index (χ3v) is 8.15. The molecule has 4 heterocycles. The molecule has 0 aliphatic carbocycles. The van der Waals surface area contributed by atoms with Crippen LogP contribution in [0.2, 0.25) is 0 Å². The molecule has 21 heteroatoms. The number of aliphatic hydroxyl groups is 14. The van der Waals surface area contributed by atoms with E-state index in [1.165, 1.54) is 0 Å². The largest absolute Gasteiger partial charge is 0.394 e. The van der Waals surface area contributed by atoms with Crippen molar-refractivity contribution in [1.82, 2.24) is 0 Å². The monoisotopic (exact) mass is 666 g/mol. The Morgan fingerprint density at radius 2 is 0.622 bits per heavy atom. The van der Waals surface area contributed by atoms with Gasteiger partial charge in [0, 0.05) is 0 Å². The van der Waals surface area contributed by atoms with Gasteiger partial charge in [-0.1, -0.05) is 0 Å². The summed E-state index contributed by atoms with van der Waals surface area (Å²) >= 11 is 0. The summed E-state index contributed by atoms with van der Waals surface area (Å²) in [5, 5.41) is 141. The lowest BCUT2D eigenvalue weighted by Crippen LogP contribution is -2.63. The molecule has 0 bridgehead atoms. The van der Waals surface area contributed by atoms with E-state index in [1.54, 1.807) is 0 Å². The molecular formula is C24H42O21. The second kappa shape index (κ2) is 15.6. The summed E-state index contributed by atoms with van der Waals surface area (Å²) in [5.41, 5.74) is 0. The standard InChI is InChI=1S/C24H42O21/c25-1-5-9(26)14(31)18(35)22(43-5)40-3-7-11(28)16(33)20(37)24(45-7)41-4-8-12(29)15(32)19(36)23(44-8)39-2-6-10(27)13(30)17(34)21(38)42-6/h5-38H,1-4H2/t5-,6-,7-,8-,9-,10-,11-,12-,13+,14+,15+,16+,17+,18+,19+,20+,21?,22+,23+,24+/m1/s1. The third-order valence-electron chi connectivity index (χ3n) is 8.15. The summed E-state index contributed by atoms with van der Waals surface area (Å²) in [6, 6.07) is 0. The third kappa shape index (κ3) is 7.91. The van der Waals surface area contributed by atoms with Crippen LogP contribution in [0.25, 0.3) is 0 Å². The van der Waals surface area contributed by atoms with Crippen LogP contribution < -0.4 is 0 Å². The van der Waals surface area contributed by atoms with Gasteiger partial charge in [0.2, 0.25) is 0 Å². The Kier molecular flexibility index (Phi) is 12.8. The van der Waals surface area contributed by atoms with Gasteiger partial charge in [0.25, 0.3) is 0 Å². The van der Waals surface area contributed by atoms with Gasteiger partial charge >= 0.3 is 0 Å². The molecule has 4 aliphatic rings. The van der Waals surface area contributed by atoms with E-state index in [0.717, 1.165) is 0 Å². The van der Waals surface area contributed by atoms with Gasteiger partial charge in [-0.05, 0) is 0 Å². The van der Waals surface area contributed by atoms with E-state index >= 15 is 0 Å². The Morgan fingerprint density at radius 3 is 0.978 bits per heavy atom.